The van der Waals surface area contributed by atoms with Gasteiger partial charge in [-0.3, -0.25) is 4.90 Å². The van der Waals surface area contributed by atoms with Crippen LogP contribution in [0.4, 0.5) is 11.6 Å². The maximum absolute atomic E-state index is 5.29. The minimum absolute atomic E-state index is 0.379. The van der Waals surface area contributed by atoms with Gasteiger partial charge in [0.25, 0.3) is 0 Å². The van der Waals surface area contributed by atoms with Gasteiger partial charge in [0.2, 0.25) is 5.89 Å². The van der Waals surface area contributed by atoms with Crippen LogP contribution < -0.4 is 9.80 Å². The lowest BCUT2D eigenvalue weighted by Crippen LogP contribution is -2.46. The van der Waals surface area contributed by atoms with E-state index in [1.165, 1.54) is 19.3 Å². The molecule has 0 unspecified atom stereocenters. The highest BCUT2D eigenvalue weighted by molar-refractivity contribution is 5.50. The summed E-state index contributed by atoms with van der Waals surface area (Å²) >= 11 is 0. The lowest BCUT2D eigenvalue weighted by molar-refractivity contribution is 0.174. The summed E-state index contributed by atoms with van der Waals surface area (Å²) in [4.78, 5) is 20.4. The van der Waals surface area contributed by atoms with Crippen LogP contribution in [-0.4, -0.2) is 71.4 Å². The maximum atomic E-state index is 5.29. The number of nitrogens with zero attached hydrogens (tertiary/aromatic N) is 7. The fourth-order valence-electron chi connectivity index (χ4n) is 3.67. The molecule has 0 amide bonds. The average Bonchev–Trinajstić information content (AvgIpc) is 3.16. The Kier molecular flexibility index (Phi) is 5.78. The number of aromatic nitrogens is 4. The zero-order valence-electron chi connectivity index (χ0n) is 15.9. The molecular formula is C18H27N7O2. The lowest BCUT2D eigenvalue weighted by Gasteiger charge is -2.35. The number of piperazine rings is 1. The SMILES string of the molecule is COCc1noc(CN2CCN(c3cc(N4CCCCC4)ncn3)CC2)n1. The summed E-state index contributed by atoms with van der Waals surface area (Å²) in [5.41, 5.74) is 0. The molecule has 9 nitrogen and oxygen atoms in total. The van der Waals surface area contributed by atoms with Gasteiger partial charge in [0.05, 0.1) is 6.54 Å². The van der Waals surface area contributed by atoms with Crippen molar-refractivity contribution in [1.29, 1.82) is 0 Å². The van der Waals surface area contributed by atoms with Crippen LogP contribution in [0, 0.1) is 0 Å². The highest BCUT2D eigenvalue weighted by Gasteiger charge is 2.21. The fraction of sp³-hybridized carbons (Fsp3) is 0.667. The number of hydrogen-bond donors (Lipinski definition) is 0. The first kappa shape index (κ1) is 18.1. The molecule has 0 spiro atoms. The van der Waals surface area contributed by atoms with E-state index in [9.17, 15) is 0 Å². The van der Waals surface area contributed by atoms with Crippen molar-refractivity contribution in [2.24, 2.45) is 0 Å². The van der Waals surface area contributed by atoms with E-state index in [0.717, 1.165) is 50.9 Å². The minimum Gasteiger partial charge on any atom is -0.377 e. The highest BCUT2D eigenvalue weighted by atomic mass is 16.5. The summed E-state index contributed by atoms with van der Waals surface area (Å²) in [6.07, 6.45) is 5.52. The molecule has 0 radical (unpaired) electrons. The Morgan fingerprint density at radius 2 is 1.67 bits per heavy atom. The number of rotatable bonds is 6. The number of ether oxygens (including phenoxy) is 1. The predicted octanol–water partition coefficient (Wildman–Crippen LogP) is 1.32. The smallest absolute Gasteiger partial charge is 0.240 e. The van der Waals surface area contributed by atoms with Crippen molar-refractivity contribution in [2.45, 2.75) is 32.4 Å². The van der Waals surface area contributed by atoms with Gasteiger partial charge in [-0.2, -0.15) is 4.98 Å². The van der Waals surface area contributed by atoms with Crippen LogP contribution in [0.3, 0.4) is 0 Å². The minimum atomic E-state index is 0.379. The summed E-state index contributed by atoms with van der Waals surface area (Å²) in [5, 5.41) is 3.92. The molecule has 2 fully saturated rings. The number of methoxy groups -OCH3 is 1. The third-order valence-corrected chi connectivity index (χ3v) is 5.16. The van der Waals surface area contributed by atoms with Crippen molar-refractivity contribution < 1.29 is 9.26 Å². The molecule has 0 aromatic carbocycles. The largest absolute Gasteiger partial charge is 0.377 e. The Morgan fingerprint density at radius 3 is 2.37 bits per heavy atom. The van der Waals surface area contributed by atoms with E-state index in [2.05, 4.69) is 40.9 Å². The van der Waals surface area contributed by atoms with Gasteiger partial charge >= 0.3 is 0 Å². The summed E-state index contributed by atoms with van der Waals surface area (Å²) in [6, 6.07) is 2.13. The molecule has 0 saturated carbocycles. The molecular weight excluding hydrogens is 346 g/mol. The molecule has 2 aliphatic rings. The van der Waals surface area contributed by atoms with E-state index in [1.54, 1.807) is 13.4 Å². The quantitative estimate of drug-likeness (QED) is 0.744. The Balaban J connectivity index is 1.32. The molecule has 4 rings (SSSR count). The molecule has 2 aromatic rings. The topological polar surface area (TPSA) is 83.7 Å². The van der Waals surface area contributed by atoms with Gasteiger partial charge < -0.3 is 19.1 Å². The number of anilines is 2. The van der Waals surface area contributed by atoms with Crippen molar-refractivity contribution in [1.82, 2.24) is 25.0 Å². The predicted molar refractivity (Wildman–Crippen MR) is 101 cm³/mol. The monoisotopic (exact) mass is 373 g/mol. The van der Waals surface area contributed by atoms with Gasteiger partial charge in [-0.1, -0.05) is 5.16 Å². The van der Waals surface area contributed by atoms with Crippen molar-refractivity contribution >= 4 is 11.6 Å². The van der Waals surface area contributed by atoms with Gasteiger partial charge in [-0.05, 0) is 19.3 Å². The molecule has 0 N–H and O–H groups in total. The third kappa shape index (κ3) is 4.54. The van der Waals surface area contributed by atoms with Crippen LogP contribution in [0.15, 0.2) is 16.9 Å². The Hall–Kier alpha value is -2.26. The van der Waals surface area contributed by atoms with Crippen LogP contribution in [-0.2, 0) is 17.9 Å². The highest BCUT2D eigenvalue weighted by Crippen LogP contribution is 2.22. The van der Waals surface area contributed by atoms with E-state index in [1.807, 2.05) is 0 Å². The second-order valence-corrected chi connectivity index (χ2v) is 7.08. The molecule has 0 atom stereocenters. The number of piperidine rings is 1. The normalized spacial score (nSPS) is 18.9. The summed E-state index contributed by atoms with van der Waals surface area (Å²) < 4.78 is 10.3. The van der Waals surface area contributed by atoms with Crippen LogP contribution in [0.5, 0.6) is 0 Å². The summed E-state index contributed by atoms with van der Waals surface area (Å²) in [7, 11) is 1.62. The molecule has 0 aliphatic carbocycles. The average molecular weight is 373 g/mol. The first-order valence-electron chi connectivity index (χ1n) is 9.66. The second-order valence-electron chi connectivity index (χ2n) is 7.08. The third-order valence-electron chi connectivity index (χ3n) is 5.16. The van der Waals surface area contributed by atoms with Gasteiger partial charge in [-0.15, -0.1) is 0 Å². The second kappa shape index (κ2) is 8.62. The zero-order valence-corrected chi connectivity index (χ0v) is 15.9. The van der Waals surface area contributed by atoms with Crippen LogP contribution in [0.1, 0.15) is 31.0 Å². The maximum Gasteiger partial charge on any atom is 0.240 e. The zero-order chi connectivity index (χ0) is 18.5. The Labute approximate surface area is 159 Å². The lowest BCUT2D eigenvalue weighted by atomic mass is 10.1. The Bertz CT molecular complexity index is 724. The summed E-state index contributed by atoms with van der Waals surface area (Å²) in [6.45, 7) is 6.97. The molecule has 4 heterocycles. The molecule has 0 bridgehead atoms. The number of hydrogen-bond acceptors (Lipinski definition) is 9. The standard InChI is InChI=1S/C18H27N7O2/c1-26-13-15-21-18(27-22-15)12-23-7-9-25(10-8-23)17-11-16(19-14-20-17)24-5-3-2-4-6-24/h11,14H,2-10,12-13H2,1H3. The van der Waals surface area contributed by atoms with E-state index in [0.29, 0.717) is 24.9 Å². The van der Waals surface area contributed by atoms with Crippen LogP contribution >= 0.6 is 0 Å². The van der Waals surface area contributed by atoms with Crippen LogP contribution in [0.2, 0.25) is 0 Å². The first-order valence-corrected chi connectivity index (χ1v) is 9.66. The molecule has 2 aliphatic heterocycles. The van der Waals surface area contributed by atoms with Gasteiger partial charge in [0, 0.05) is 52.4 Å². The van der Waals surface area contributed by atoms with Crippen molar-refractivity contribution in [3.63, 3.8) is 0 Å². The van der Waals surface area contributed by atoms with E-state index in [-0.39, 0.29) is 0 Å². The van der Waals surface area contributed by atoms with E-state index < -0.39 is 0 Å². The van der Waals surface area contributed by atoms with Crippen molar-refractivity contribution in [3.05, 3.63) is 24.1 Å². The van der Waals surface area contributed by atoms with E-state index in [4.69, 9.17) is 9.26 Å². The molecule has 27 heavy (non-hydrogen) atoms. The molecule has 2 saturated heterocycles. The van der Waals surface area contributed by atoms with Gasteiger partial charge in [0.15, 0.2) is 5.82 Å². The summed E-state index contributed by atoms with van der Waals surface area (Å²) in [5.74, 6) is 3.31. The fourth-order valence-corrected chi connectivity index (χ4v) is 3.67. The molecule has 146 valence electrons. The van der Waals surface area contributed by atoms with Crippen molar-refractivity contribution in [2.75, 3.05) is 56.2 Å². The molecule has 9 heteroatoms. The molecule has 2 aromatic heterocycles. The van der Waals surface area contributed by atoms with Crippen LogP contribution in [0.25, 0.3) is 0 Å². The Morgan fingerprint density at radius 1 is 0.963 bits per heavy atom. The van der Waals surface area contributed by atoms with Gasteiger partial charge in [-0.25, -0.2) is 9.97 Å². The van der Waals surface area contributed by atoms with Gasteiger partial charge in [0.1, 0.15) is 24.6 Å². The van der Waals surface area contributed by atoms with E-state index >= 15 is 0 Å². The van der Waals surface area contributed by atoms with Crippen molar-refractivity contribution in [3.8, 4) is 0 Å². The first-order chi connectivity index (χ1) is 13.3.